The molecule has 0 radical (unpaired) electrons. The maximum atomic E-state index is 11.9. The van der Waals surface area contributed by atoms with Crippen LogP contribution in [0, 0.1) is 11.8 Å². The van der Waals surface area contributed by atoms with E-state index in [9.17, 15) is 4.79 Å². The average Bonchev–Trinajstić information content (AvgIpc) is 2.37. The molecule has 104 valence electrons. The molecule has 3 atom stereocenters. The van der Waals surface area contributed by atoms with E-state index in [1.165, 1.54) is 6.42 Å². The van der Waals surface area contributed by atoms with Crippen LogP contribution >= 0.6 is 0 Å². The van der Waals surface area contributed by atoms with Gasteiger partial charge < -0.3 is 16.4 Å². The molecule has 4 N–H and O–H groups in total. The van der Waals surface area contributed by atoms with Gasteiger partial charge in [-0.2, -0.15) is 0 Å². The van der Waals surface area contributed by atoms with Crippen LogP contribution in [0.15, 0.2) is 24.3 Å². The zero-order chi connectivity index (χ0) is 13.8. The molecule has 0 aromatic heterocycles. The molecule has 1 aliphatic rings. The van der Waals surface area contributed by atoms with E-state index < -0.39 is 0 Å². The Balaban J connectivity index is 1.83. The first-order valence-corrected chi connectivity index (χ1v) is 6.97. The highest BCUT2D eigenvalue weighted by Gasteiger charge is 2.25. The molecule has 0 bridgehead atoms. The second-order valence-electron chi connectivity index (χ2n) is 5.69. The highest BCUT2D eigenvalue weighted by molar-refractivity contribution is 5.89. The summed E-state index contributed by atoms with van der Waals surface area (Å²) in [5.74, 6) is 1.44. The molecule has 1 aromatic rings. The van der Waals surface area contributed by atoms with Gasteiger partial charge in [0.1, 0.15) is 0 Å². The molecule has 2 rings (SSSR count). The normalized spacial score (nSPS) is 26.7. The van der Waals surface area contributed by atoms with Crippen LogP contribution < -0.4 is 16.4 Å². The van der Waals surface area contributed by atoms with Crippen molar-refractivity contribution in [1.29, 1.82) is 0 Å². The Morgan fingerprint density at radius 1 is 1.16 bits per heavy atom. The molecule has 1 aliphatic carbocycles. The Hall–Kier alpha value is -1.71. The van der Waals surface area contributed by atoms with E-state index in [-0.39, 0.29) is 6.03 Å². The molecule has 4 nitrogen and oxygen atoms in total. The third-order valence-corrected chi connectivity index (χ3v) is 4.10. The summed E-state index contributed by atoms with van der Waals surface area (Å²) in [7, 11) is 0. The van der Waals surface area contributed by atoms with Crippen LogP contribution in [-0.4, -0.2) is 12.1 Å². The van der Waals surface area contributed by atoms with Crippen LogP contribution in [-0.2, 0) is 0 Å². The maximum Gasteiger partial charge on any atom is 0.319 e. The SMILES string of the molecule is CC1CCC(NC(=O)Nc2ccc(N)cc2)CC1C. The first kappa shape index (κ1) is 13.7. The molecule has 4 heteroatoms. The summed E-state index contributed by atoms with van der Waals surface area (Å²) >= 11 is 0. The van der Waals surface area contributed by atoms with Crippen LogP contribution in [0.4, 0.5) is 16.2 Å². The van der Waals surface area contributed by atoms with E-state index in [1.807, 2.05) is 0 Å². The molecule has 1 aromatic carbocycles. The second-order valence-corrected chi connectivity index (χ2v) is 5.69. The highest BCUT2D eigenvalue weighted by atomic mass is 16.2. The minimum absolute atomic E-state index is 0.128. The number of carbonyl (C=O) groups excluding carboxylic acids is 1. The van der Waals surface area contributed by atoms with Gasteiger partial charge in [-0.1, -0.05) is 13.8 Å². The van der Waals surface area contributed by atoms with Crippen LogP contribution in [0.2, 0.25) is 0 Å². The molecule has 0 heterocycles. The van der Waals surface area contributed by atoms with Gasteiger partial charge in [0.05, 0.1) is 0 Å². The van der Waals surface area contributed by atoms with Gasteiger partial charge in [0.2, 0.25) is 0 Å². The van der Waals surface area contributed by atoms with Crippen molar-refractivity contribution in [3.63, 3.8) is 0 Å². The summed E-state index contributed by atoms with van der Waals surface area (Å²) in [5.41, 5.74) is 7.07. The summed E-state index contributed by atoms with van der Waals surface area (Å²) in [5, 5.41) is 5.89. The van der Waals surface area contributed by atoms with Crippen LogP contribution in [0.1, 0.15) is 33.1 Å². The summed E-state index contributed by atoms with van der Waals surface area (Å²) in [6.45, 7) is 4.55. The summed E-state index contributed by atoms with van der Waals surface area (Å²) in [6, 6.07) is 7.33. The minimum atomic E-state index is -0.128. The molecule has 19 heavy (non-hydrogen) atoms. The van der Waals surface area contributed by atoms with Crippen LogP contribution in [0.5, 0.6) is 0 Å². The molecular formula is C15H23N3O. The molecule has 2 amide bonds. The fourth-order valence-electron chi connectivity index (χ4n) is 2.60. The zero-order valence-electron chi connectivity index (χ0n) is 11.6. The molecule has 1 saturated carbocycles. The standard InChI is InChI=1S/C15H23N3O/c1-10-3-6-14(9-11(10)2)18-15(19)17-13-7-4-12(16)5-8-13/h4-5,7-8,10-11,14H,3,6,9,16H2,1-2H3,(H2,17,18,19). The lowest BCUT2D eigenvalue weighted by atomic mass is 9.79. The molecule has 0 spiro atoms. The smallest absolute Gasteiger partial charge is 0.319 e. The Bertz CT molecular complexity index is 430. The van der Waals surface area contributed by atoms with Gasteiger partial charge in [-0.05, 0) is 55.4 Å². The van der Waals surface area contributed by atoms with Gasteiger partial charge in [0.25, 0.3) is 0 Å². The van der Waals surface area contributed by atoms with Gasteiger partial charge >= 0.3 is 6.03 Å². The number of nitrogens with two attached hydrogens (primary N) is 1. The lowest BCUT2D eigenvalue weighted by Gasteiger charge is -2.32. The van der Waals surface area contributed by atoms with Gasteiger partial charge in [0, 0.05) is 17.4 Å². The fourth-order valence-corrected chi connectivity index (χ4v) is 2.60. The largest absolute Gasteiger partial charge is 0.399 e. The third-order valence-electron chi connectivity index (χ3n) is 4.10. The van der Waals surface area contributed by atoms with E-state index in [4.69, 9.17) is 5.73 Å². The monoisotopic (exact) mass is 261 g/mol. The van der Waals surface area contributed by atoms with Crippen LogP contribution in [0.25, 0.3) is 0 Å². The number of amides is 2. The lowest BCUT2D eigenvalue weighted by molar-refractivity contribution is 0.215. The summed E-state index contributed by atoms with van der Waals surface area (Å²) < 4.78 is 0. The van der Waals surface area contributed by atoms with Crippen LogP contribution in [0.3, 0.4) is 0 Å². The molecule has 0 saturated heterocycles. The minimum Gasteiger partial charge on any atom is -0.399 e. The first-order chi connectivity index (χ1) is 9.04. The van der Waals surface area contributed by atoms with Crippen molar-refractivity contribution in [2.75, 3.05) is 11.1 Å². The van der Waals surface area contributed by atoms with Gasteiger partial charge in [-0.3, -0.25) is 0 Å². The van der Waals surface area contributed by atoms with Crippen molar-refractivity contribution in [3.05, 3.63) is 24.3 Å². The molecule has 1 fully saturated rings. The van der Waals surface area contributed by atoms with E-state index in [0.29, 0.717) is 17.6 Å². The quantitative estimate of drug-likeness (QED) is 0.716. The molecule has 0 aliphatic heterocycles. The third kappa shape index (κ3) is 3.88. The molecular weight excluding hydrogens is 238 g/mol. The Labute approximate surface area is 114 Å². The maximum absolute atomic E-state index is 11.9. The number of anilines is 2. The highest BCUT2D eigenvalue weighted by Crippen LogP contribution is 2.29. The van der Waals surface area contributed by atoms with E-state index in [0.717, 1.165) is 24.4 Å². The van der Waals surface area contributed by atoms with Gasteiger partial charge in [-0.15, -0.1) is 0 Å². The van der Waals surface area contributed by atoms with Crippen molar-refractivity contribution in [3.8, 4) is 0 Å². The number of benzene rings is 1. The predicted molar refractivity (Wildman–Crippen MR) is 79.0 cm³/mol. The van der Waals surface area contributed by atoms with Crippen molar-refractivity contribution < 1.29 is 4.79 Å². The number of carbonyl (C=O) groups is 1. The van der Waals surface area contributed by atoms with Gasteiger partial charge in [0.15, 0.2) is 0 Å². The topological polar surface area (TPSA) is 67.2 Å². The lowest BCUT2D eigenvalue weighted by Crippen LogP contribution is -2.41. The Kier molecular flexibility index (Phi) is 4.30. The number of hydrogen-bond donors (Lipinski definition) is 3. The van der Waals surface area contributed by atoms with Crippen molar-refractivity contribution in [2.24, 2.45) is 11.8 Å². The van der Waals surface area contributed by atoms with E-state index >= 15 is 0 Å². The Morgan fingerprint density at radius 3 is 2.47 bits per heavy atom. The second kappa shape index (κ2) is 5.95. The fraction of sp³-hybridized carbons (Fsp3) is 0.533. The van der Waals surface area contributed by atoms with Crippen molar-refractivity contribution >= 4 is 17.4 Å². The van der Waals surface area contributed by atoms with E-state index in [1.54, 1.807) is 24.3 Å². The van der Waals surface area contributed by atoms with Crippen molar-refractivity contribution in [2.45, 2.75) is 39.2 Å². The van der Waals surface area contributed by atoms with Crippen molar-refractivity contribution in [1.82, 2.24) is 5.32 Å². The number of hydrogen-bond acceptors (Lipinski definition) is 2. The van der Waals surface area contributed by atoms with Gasteiger partial charge in [-0.25, -0.2) is 4.79 Å². The number of nitrogens with one attached hydrogen (secondary N) is 2. The predicted octanol–water partition coefficient (Wildman–Crippen LogP) is 3.22. The zero-order valence-corrected chi connectivity index (χ0v) is 11.6. The summed E-state index contributed by atoms with van der Waals surface area (Å²) in [4.78, 5) is 11.9. The Morgan fingerprint density at radius 2 is 1.84 bits per heavy atom. The molecule has 3 unspecified atom stereocenters. The number of nitrogen functional groups attached to an aromatic ring is 1. The summed E-state index contributed by atoms with van der Waals surface area (Å²) in [6.07, 6.45) is 3.32. The number of rotatable bonds is 2. The van der Waals surface area contributed by atoms with E-state index in [2.05, 4.69) is 24.5 Å². The number of urea groups is 1. The average molecular weight is 261 g/mol. The first-order valence-electron chi connectivity index (χ1n) is 6.97.